The molecule has 2 N–H and O–H groups in total. The molecule has 0 heterocycles. The first-order chi connectivity index (χ1) is 16.6. The van der Waals surface area contributed by atoms with Crippen molar-refractivity contribution in [2.24, 2.45) is 35.5 Å². The number of hydrogen-bond donors (Lipinski definition) is 2. The van der Waals surface area contributed by atoms with E-state index in [9.17, 15) is 10.2 Å². The van der Waals surface area contributed by atoms with Crippen molar-refractivity contribution in [2.75, 3.05) is 26.4 Å². The van der Waals surface area contributed by atoms with Crippen molar-refractivity contribution in [2.45, 2.75) is 87.9 Å². The lowest BCUT2D eigenvalue weighted by Gasteiger charge is -2.58. The Balaban J connectivity index is 1.36. The molecule has 0 aliphatic heterocycles. The molecule has 34 heavy (non-hydrogen) atoms. The molecule has 1 aromatic carbocycles. The largest absolute Gasteiger partial charge is 0.491 e. The van der Waals surface area contributed by atoms with Gasteiger partial charge in [-0.25, -0.2) is 0 Å². The third-order valence-electron chi connectivity index (χ3n) is 11.0. The van der Waals surface area contributed by atoms with Gasteiger partial charge in [0.1, 0.15) is 24.7 Å². The summed E-state index contributed by atoms with van der Waals surface area (Å²) in [6.45, 7) is 0.721. The maximum atomic E-state index is 9.58. The van der Waals surface area contributed by atoms with Gasteiger partial charge in [-0.1, -0.05) is 0 Å². The summed E-state index contributed by atoms with van der Waals surface area (Å²) in [5.41, 5.74) is 3.35. The molecule has 186 valence electrons. The Hall–Kier alpha value is -1.26. The maximum absolute atomic E-state index is 9.58. The molecule has 0 unspecified atom stereocenters. The smallest absolute Gasteiger partial charge is 0.126 e. The van der Waals surface area contributed by atoms with Crippen LogP contribution in [0.4, 0.5) is 0 Å². The van der Waals surface area contributed by atoms with E-state index in [0.29, 0.717) is 13.2 Å². The second kappa shape index (κ2) is 8.13. The van der Waals surface area contributed by atoms with Gasteiger partial charge in [-0.2, -0.15) is 0 Å². The highest BCUT2D eigenvalue weighted by Crippen LogP contribution is 2.65. The van der Waals surface area contributed by atoms with Gasteiger partial charge in [0.25, 0.3) is 0 Å². The maximum Gasteiger partial charge on any atom is 0.126 e. The van der Waals surface area contributed by atoms with Gasteiger partial charge in [0, 0.05) is 17.2 Å². The fourth-order valence-corrected chi connectivity index (χ4v) is 10.8. The van der Waals surface area contributed by atoms with E-state index in [2.05, 4.69) is 12.1 Å². The molecule has 0 atom stereocenters. The highest BCUT2D eigenvalue weighted by Gasteiger charge is 2.55. The minimum Gasteiger partial charge on any atom is -0.491 e. The molecule has 0 spiro atoms. The van der Waals surface area contributed by atoms with Crippen LogP contribution in [0.5, 0.6) is 11.5 Å². The van der Waals surface area contributed by atoms with Crippen molar-refractivity contribution in [1.29, 1.82) is 0 Å². The third-order valence-corrected chi connectivity index (χ3v) is 11.0. The molecule has 0 aromatic heterocycles. The van der Waals surface area contributed by atoms with Gasteiger partial charge < -0.3 is 19.7 Å². The second-order valence-corrected chi connectivity index (χ2v) is 13.4. The van der Waals surface area contributed by atoms with Gasteiger partial charge in [-0.15, -0.1) is 0 Å². The van der Waals surface area contributed by atoms with Gasteiger partial charge in [-0.3, -0.25) is 0 Å². The third kappa shape index (κ3) is 3.45. The van der Waals surface area contributed by atoms with Crippen LogP contribution in [0.1, 0.15) is 88.2 Å². The summed E-state index contributed by atoms with van der Waals surface area (Å²) < 4.78 is 12.6. The Morgan fingerprint density at radius 3 is 1.18 bits per heavy atom. The average molecular weight is 467 g/mol. The zero-order valence-electron chi connectivity index (χ0n) is 20.6. The normalized spacial score (nSPS) is 43.5. The van der Waals surface area contributed by atoms with Crippen molar-refractivity contribution in [3.8, 4) is 11.5 Å². The van der Waals surface area contributed by atoms with E-state index < -0.39 is 0 Å². The van der Waals surface area contributed by atoms with Gasteiger partial charge >= 0.3 is 0 Å². The SMILES string of the molecule is OCCOc1cc(OCCO)c(C23CC4CC(CC(C4)C2)C3)cc1C12CC3CC(CC(C3)C1)C2. The number of ether oxygens (including phenoxy) is 2. The first-order valence-corrected chi connectivity index (χ1v) is 14.2. The molecule has 8 aliphatic rings. The standard InChI is InChI=1S/C30H42O4/c31-1-3-33-27-12-28(34-4-2-32)26(30-16-22-8-23(17-30)10-24(9-22)18-30)11-25(27)29-13-19-5-20(14-29)7-21(6-19)15-29/h11-12,19-24,31-32H,1-10,13-18H2. The summed E-state index contributed by atoms with van der Waals surface area (Å²) in [4.78, 5) is 0. The summed E-state index contributed by atoms with van der Waals surface area (Å²) in [5, 5.41) is 19.2. The number of benzene rings is 1. The summed E-state index contributed by atoms with van der Waals surface area (Å²) in [7, 11) is 0. The lowest BCUT2D eigenvalue weighted by Crippen LogP contribution is -2.50. The van der Waals surface area contributed by atoms with Crippen LogP contribution in [0.3, 0.4) is 0 Å². The van der Waals surface area contributed by atoms with Crippen molar-refractivity contribution in [3.63, 3.8) is 0 Å². The fourth-order valence-electron chi connectivity index (χ4n) is 10.8. The minimum absolute atomic E-state index is 0.0316. The molecular formula is C30H42O4. The van der Waals surface area contributed by atoms with E-state index in [1.165, 1.54) is 88.2 Å². The Kier molecular flexibility index (Phi) is 5.25. The van der Waals surface area contributed by atoms with Crippen LogP contribution in [-0.4, -0.2) is 36.6 Å². The van der Waals surface area contributed by atoms with E-state index in [0.717, 1.165) is 47.0 Å². The monoisotopic (exact) mass is 466 g/mol. The van der Waals surface area contributed by atoms with Crippen molar-refractivity contribution in [3.05, 3.63) is 23.3 Å². The van der Waals surface area contributed by atoms with Crippen LogP contribution in [0.2, 0.25) is 0 Å². The van der Waals surface area contributed by atoms with Gasteiger partial charge in [-0.05, 0) is 129 Å². The topological polar surface area (TPSA) is 58.9 Å². The number of rotatable bonds is 8. The van der Waals surface area contributed by atoms with Crippen LogP contribution in [0.25, 0.3) is 0 Å². The first-order valence-electron chi connectivity index (χ1n) is 14.2. The summed E-state index contributed by atoms with van der Waals surface area (Å²) in [5.74, 6) is 7.16. The summed E-state index contributed by atoms with van der Waals surface area (Å²) in [6.07, 6.45) is 16.5. The van der Waals surface area contributed by atoms with Crippen LogP contribution >= 0.6 is 0 Å². The molecule has 0 amide bonds. The van der Waals surface area contributed by atoms with Crippen molar-refractivity contribution in [1.82, 2.24) is 0 Å². The lowest BCUT2D eigenvalue weighted by atomic mass is 9.46. The van der Waals surface area contributed by atoms with Gasteiger partial charge in [0.15, 0.2) is 0 Å². The average Bonchev–Trinajstić information content (AvgIpc) is 2.79. The van der Waals surface area contributed by atoms with E-state index in [1.807, 2.05) is 0 Å². The molecule has 9 rings (SSSR count). The predicted molar refractivity (Wildman–Crippen MR) is 131 cm³/mol. The van der Waals surface area contributed by atoms with Gasteiger partial charge in [0.2, 0.25) is 0 Å². The van der Waals surface area contributed by atoms with Crippen molar-refractivity contribution < 1.29 is 19.7 Å². The van der Waals surface area contributed by atoms with Crippen LogP contribution in [0.15, 0.2) is 12.1 Å². The molecule has 4 nitrogen and oxygen atoms in total. The van der Waals surface area contributed by atoms with E-state index in [-0.39, 0.29) is 24.0 Å². The highest BCUT2D eigenvalue weighted by molar-refractivity contribution is 5.54. The molecular weight excluding hydrogens is 424 g/mol. The molecule has 1 aromatic rings. The first kappa shape index (κ1) is 22.0. The zero-order chi connectivity index (χ0) is 22.9. The summed E-state index contributed by atoms with van der Waals surface area (Å²) >= 11 is 0. The van der Waals surface area contributed by atoms with Crippen molar-refractivity contribution >= 4 is 0 Å². The molecule has 8 bridgehead atoms. The number of aliphatic hydroxyl groups is 2. The molecule has 8 fully saturated rings. The minimum atomic E-state index is 0.0316. The Morgan fingerprint density at radius 1 is 0.559 bits per heavy atom. The fraction of sp³-hybridized carbons (Fsp3) is 0.800. The molecule has 0 radical (unpaired) electrons. The molecule has 0 saturated heterocycles. The van der Waals surface area contributed by atoms with E-state index in [4.69, 9.17) is 9.47 Å². The molecule has 8 saturated carbocycles. The van der Waals surface area contributed by atoms with E-state index in [1.54, 1.807) is 0 Å². The zero-order valence-corrected chi connectivity index (χ0v) is 20.6. The second-order valence-electron chi connectivity index (χ2n) is 13.4. The quantitative estimate of drug-likeness (QED) is 0.541. The highest BCUT2D eigenvalue weighted by atomic mass is 16.5. The predicted octanol–water partition coefficient (Wildman–Crippen LogP) is 5.36. The molecule has 4 heteroatoms. The van der Waals surface area contributed by atoms with Crippen LogP contribution < -0.4 is 9.47 Å². The van der Waals surface area contributed by atoms with Crippen LogP contribution in [-0.2, 0) is 10.8 Å². The molecule has 8 aliphatic carbocycles. The lowest BCUT2D eigenvalue weighted by molar-refractivity contribution is -0.0101. The number of aliphatic hydroxyl groups excluding tert-OH is 2. The van der Waals surface area contributed by atoms with Crippen LogP contribution in [0, 0.1) is 35.5 Å². The Labute approximate surface area is 204 Å². The Bertz CT molecular complexity index is 794. The number of hydrogen-bond acceptors (Lipinski definition) is 4. The summed E-state index contributed by atoms with van der Waals surface area (Å²) in [6, 6.07) is 4.73. The Morgan fingerprint density at radius 2 is 0.882 bits per heavy atom. The van der Waals surface area contributed by atoms with Gasteiger partial charge in [0.05, 0.1) is 13.2 Å². The van der Waals surface area contributed by atoms with E-state index >= 15 is 0 Å².